The molecule has 0 saturated heterocycles. The maximum absolute atomic E-state index is 13.2. The highest BCUT2D eigenvalue weighted by atomic mass is 31.2. The van der Waals surface area contributed by atoms with E-state index in [0.29, 0.717) is 25.7 Å². The lowest BCUT2D eigenvalue weighted by atomic mass is 9.99. The Morgan fingerprint density at radius 3 is 0.849 bits per heavy atom. The van der Waals surface area contributed by atoms with Crippen LogP contribution in [0, 0.1) is 11.8 Å². The molecule has 626 valence electrons. The molecule has 0 aliphatic heterocycles. The highest BCUT2D eigenvalue weighted by Gasteiger charge is 2.30. The Labute approximate surface area is 650 Å². The molecule has 0 radical (unpaired) electrons. The largest absolute Gasteiger partial charge is 0.472 e. The number of rotatable bonds is 84. The number of esters is 4. The summed E-state index contributed by atoms with van der Waals surface area (Å²) in [5.74, 6) is -0.451. The number of hydrogen-bond donors (Lipinski definition) is 3. The van der Waals surface area contributed by atoms with Crippen LogP contribution in [0.3, 0.4) is 0 Å². The molecular weight excluding hydrogens is 1380 g/mol. The zero-order valence-electron chi connectivity index (χ0n) is 69.2. The number of phosphoric ester groups is 2. The van der Waals surface area contributed by atoms with Gasteiger partial charge in [0.2, 0.25) is 0 Å². The van der Waals surface area contributed by atoms with Crippen LogP contribution in [0.5, 0.6) is 0 Å². The van der Waals surface area contributed by atoms with Crippen LogP contribution in [-0.2, 0) is 65.4 Å². The quantitative estimate of drug-likeness (QED) is 0.0169. The van der Waals surface area contributed by atoms with Gasteiger partial charge in [0.1, 0.15) is 19.3 Å². The number of hydrogen-bond acceptors (Lipinski definition) is 15. The molecule has 3 N–H and O–H groups in total. The Morgan fingerprint density at radius 2 is 0.557 bits per heavy atom. The fraction of sp³-hybridized carbons (Fsp3) is 0.908. The molecule has 6 atom stereocenters. The lowest BCUT2D eigenvalue weighted by Crippen LogP contribution is -2.30. The fourth-order valence-corrected chi connectivity index (χ4v) is 14.6. The molecule has 3 unspecified atom stereocenters. The van der Waals surface area contributed by atoms with Crippen LogP contribution in [0.1, 0.15) is 440 Å². The minimum Gasteiger partial charge on any atom is -0.462 e. The van der Waals surface area contributed by atoms with Gasteiger partial charge in [-0.1, -0.05) is 387 Å². The average Bonchev–Trinajstić information content (AvgIpc) is 0.902. The van der Waals surface area contributed by atoms with Crippen molar-refractivity contribution in [3.8, 4) is 0 Å². The molecule has 0 amide bonds. The Kier molecular flexibility index (Phi) is 76.0. The van der Waals surface area contributed by atoms with E-state index in [0.717, 1.165) is 115 Å². The number of carbonyl (C=O) groups excluding carboxylic acids is 4. The normalized spacial score (nSPS) is 14.2. The van der Waals surface area contributed by atoms with E-state index >= 15 is 0 Å². The Hall–Kier alpha value is -2.46. The number of unbranched alkanes of at least 4 members (excludes halogenated alkanes) is 50. The van der Waals surface area contributed by atoms with Gasteiger partial charge in [-0.2, -0.15) is 0 Å². The fourth-order valence-electron chi connectivity index (χ4n) is 13.0. The van der Waals surface area contributed by atoms with Crippen LogP contribution < -0.4 is 0 Å². The van der Waals surface area contributed by atoms with Gasteiger partial charge in [-0.25, -0.2) is 9.13 Å². The van der Waals surface area contributed by atoms with Crippen molar-refractivity contribution in [2.75, 3.05) is 39.6 Å². The van der Waals surface area contributed by atoms with Gasteiger partial charge >= 0.3 is 39.5 Å². The summed E-state index contributed by atoms with van der Waals surface area (Å²) in [7, 11) is -9.94. The summed E-state index contributed by atoms with van der Waals surface area (Å²) in [5, 5.41) is 10.7. The third-order valence-electron chi connectivity index (χ3n) is 20.2. The average molecular weight is 1550 g/mol. The Balaban J connectivity index is 5.25. The second kappa shape index (κ2) is 77.8. The van der Waals surface area contributed by atoms with Crippen molar-refractivity contribution in [3.05, 3.63) is 24.3 Å². The highest BCUT2D eigenvalue weighted by Crippen LogP contribution is 2.45. The molecular formula is C87H166O17P2. The smallest absolute Gasteiger partial charge is 0.462 e. The summed E-state index contributed by atoms with van der Waals surface area (Å²) >= 11 is 0. The van der Waals surface area contributed by atoms with Gasteiger partial charge in [0.25, 0.3) is 0 Å². The molecule has 19 heteroatoms. The SMILES string of the molecule is CCCCCC/C=C\C=C/CCCCCCCC(=O)O[C@H](COC(=O)CCCCCCCCCCCC)COP(=O)(O)OC[C@H](O)COP(=O)(O)OC[C@@H](COC(=O)CCCCCCCCCCCCCCCCCCC(C)C)OC(=O)CCCCCCCCCCCCCCCCCCCCC(C)CC. The number of phosphoric acid groups is 2. The minimum atomic E-state index is -4.97. The van der Waals surface area contributed by atoms with Crippen LogP contribution in [-0.4, -0.2) is 96.7 Å². The van der Waals surface area contributed by atoms with Crippen molar-refractivity contribution in [1.82, 2.24) is 0 Å². The number of aliphatic hydroxyl groups is 1. The lowest BCUT2D eigenvalue weighted by Gasteiger charge is -2.21. The molecule has 0 aliphatic rings. The summed E-state index contributed by atoms with van der Waals surface area (Å²) < 4.78 is 68.8. The van der Waals surface area contributed by atoms with Gasteiger partial charge < -0.3 is 33.8 Å². The predicted molar refractivity (Wildman–Crippen MR) is 437 cm³/mol. The first-order valence-corrected chi connectivity index (χ1v) is 47.3. The van der Waals surface area contributed by atoms with Crippen LogP contribution in [0.15, 0.2) is 24.3 Å². The molecule has 0 saturated carbocycles. The number of ether oxygens (including phenoxy) is 4. The monoisotopic (exact) mass is 1550 g/mol. The van der Waals surface area contributed by atoms with E-state index in [2.05, 4.69) is 65.8 Å². The molecule has 0 fully saturated rings. The van der Waals surface area contributed by atoms with Gasteiger partial charge in [-0.15, -0.1) is 0 Å². The third-order valence-corrected chi connectivity index (χ3v) is 22.1. The number of allylic oxidation sites excluding steroid dienone is 4. The van der Waals surface area contributed by atoms with E-state index in [1.807, 2.05) is 0 Å². The summed E-state index contributed by atoms with van der Waals surface area (Å²) in [6.45, 7) is 9.69. The van der Waals surface area contributed by atoms with Gasteiger partial charge in [-0.05, 0) is 63.2 Å². The van der Waals surface area contributed by atoms with Gasteiger partial charge in [-0.3, -0.25) is 37.3 Å². The van der Waals surface area contributed by atoms with Crippen molar-refractivity contribution in [1.29, 1.82) is 0 Å². The lowest BCUT2D eigenvalue weighted by molar-refractivity contribution is -0.161. The van der Waals surface area contributed by atoms with Gasteiger partial charge in [0, 0.05) is 25.7 Å². The van der Waals surface area contributed by atoms with Crippen molar-refractivity contribution in [2.24, 2.45) is 11.8 Å². The third kappa shape index (κ3) is 78.2. The first kappa shape index (κ1) is 104. The number of aliphatic hydroxyl groups excluding tert-OH is 1. The van der Waals surface area contributed by atoms with E-state index in [1.165, 1.54) is 244 Å². The molecule has 0 aromatic rings. The van der Waals surface area contributed by atoms with E-state index in [1.54, 1.807) is 0 Å². The van der Waals surface area contributed by atoms with Crippen molar-refractivity contribution in [2.45, 2.75) is 458 Å². The number of carbonyl (C=O) groups is 4. The van der Waals surface area contributed by atoms with E-state index < -0.39 is 97.5 Å². The predicted octanol–water partition coefficient (Wildman–Crippen LogP) is 26.2. The zero-order chi connectivity index (χ0) is 77.8. The summed E-state index contributed by atoms with van der Waals surface area (Å²) in [6.07, 6.45) is 73.0. The Morgan fingerprint density at radius 1 is 0.311 bits per heavy atom. The first-order valence-electron chi connectivity index (χ1n) is 44.3. The molecule has 0 bridgehead atoms. The molecule has 17 nitrogen and oxygen atoms in total. The van der Waals surface area contributed by atoms with Crippen molar-refractivity contribution < 1.29 is 80.2 Å². The second-order valence-corrected chi connectivity index (χ2v) is 34.2. The van der Waals surface area contributed by atoms with Crippen LogP contribution >= 0.6 is 15.6 Å². The van der Waals surface area contributed by atoms with Gasteiger partial charge in [0.05, 0.1) is 26.4 Å². The van der Waals surface area contributed by atoms with Gasteiger partial charge in [0.15, 0.2) is 12.2 Å². The molecule has 0 aliphatic carbocycles. The molecule has 106 heavy (non-hydrogen) atoms. The zero-order valence-corrected chi connectivity index (χ0v) is 71.0. The van der Waals surface area contributed by atoms with E-state index in [-0.39, 0.29) is 25.7 Å². The standard InChI is InChI=1S/C87H166O17P2/c1-7-10-12-14-16-18-20-21-28-36-41-47-53-59-65-71-86(91)103-82(75-97-84(89)69-63-57-51-45-19-17-15-13-11-8-2)77-101-105(93,94)99-73-81(88)74-100-106(95,96)102-78-83(76-98-85(90)70-64-58-52-46-40-35-31-27-26-29-33-38-43-49-55-61-67-79(4)5)104-87(92)72-66-60-54-48-42-37-32-25-23-22-24-30-34-39-44-50-56-62-68-80(6)9-3/h18,20-21,28,79-83,88H,7-17,19,22-27,29-78H2,1-6H3,(H,93,94)(H,95,96)/b20-18-,28-21-/t80?,81-,82+,83+/m0/s1. The van der Waals surface area contributed by atoms with Crippen LogP contribution in [0.4, 0.5) is 0 Å². The maximum Gasteiger partial charge on any atom is 0.472 e. The Bertz CT molecular complexity index is 2130. The van der Waals surface area contributed by atoms with Crippen LogP contribution in [0.25, 0.3) is 0 Å². The molecule has 0 spiro atoms. The first-order chi connectivity index (χ1) is 51.4. The van der Waals surface area contributed by atoms with E-state index in [9.17, 15) is 43.2 Å². The summed E-state index contributed by atoms with van der Waals surface area (Å²) in [5.41, 5.74) is 0. The molecule has 0 aromatic heterocycles. The molecule has 0 aromatic carbocycles. The minimum absolute atomic E-state index is 0.0854. The van der Waals surface area contributed by atoms with Crippen molar-refractivity contribution >= 4 is 39.5 Å². The van der Waals surface area contributed by atoms with Crippen LogP contribution in [0.2, 0.25) is 0 Å². The molecule has 0 heterocycles. The maximum atomic E-state index is 13.2. The topological polar surface area (TPSA) is 237 Å². The summed E-state index contributed by atoms with van der Waals surface area (Å²) in [6, 6.07) is 0. The second-order valence-electron chi connectivity index (χ2n) is 31.3. The van der Waals surface area contributed by atoms with E-state index in [4.69, 9.17) is 37.0 Å². The highest BCUT2D eigenvalue weighted by molar-refractivity contribution is 7.47. The van der Waals surface area contributed by atoms with Crippen molar-refractivity contribution in [3.63, 3.8) is 0 Å². The summed E-state index contributed by atoms with van der Waals surface area (Å²) in [4.78, 5) is 73.2. The molecule has 0 rings (SSSR count).